The van der Waals surface area contributed by atoms with Crippen LogP contribution in [0, 0.1) is 12.8 Å². The van der Waals surface area contributed by atoms with E-state index < -0.39 is 0 Å². The third-order valence-electron chi connectivity index (χ3n) is 2.54. The van der Waals surface area contributed by atoms with Crippen LogP contribution in [-0.2, 0) is 11.3 Å². The third kappa shape index (κ3) is 3.21. The first kappa shape index (κ1) is 13.0. The molecule has 1 aliphatic heterocycles. The number of aromatic nitrogens is 1. The van der Waals surface area contributed by atoms with E-state index in [4.69, 9.17) is 4.52 Å². The summed E-state index contributed by atoms with van der Waals surface area (Å²) in [4.78, 5) is 11.6. The van der Waals surface area contributed by atoms with Crippen molar-refractivity contribution < 1.29 is 9.32 Å². The van der Waals surface area contributed by atoms with Gasteiger partial charge in [-0.3, -0.25) is 4.79 Å². The fourth-order valence-electron chi connectivity index (χ4n) is 1.70. The summed E-state index contributed by atoms with van der Waals surface area (Å²) < 4.78 is 5.00. The number of rotatable bonds is 3. The predicted molar refractivity (Wildman–Crippen MR) is 61.3 cm³/mol. The molecule has 0 saturated carbocycles. The lowest BCUT2D eigenvalue weighted by atomic mass is 10.1. The number of hydrogen-bond donors (Lipinski definition) is 2. The Bertz CT molecular complexity index is 348. The number of amides is 1. The van der Waals surface area contributed by atoms with Crippen molar-refractivity contribution in [3.63, 3.8) is 0 Å². The molecule has 1 atom stereocenters. The summed E-state index contributed by atoms with van der Waals surface area (Å²) in [5, 5.41) is 9.75. The molecule has 1 saturated heterocycles. The van der Waals surface area contributed by atoms with Crippen LogP contribution in [0.3, 0.4) is 0 Å². The van der Waals surface area contributed by atoms with E-state index in [0.29, 0.717) is 12.3 Å². The zero-order valence-corrected chi connectivity index (χ0v) is 9.97. The van der Waals surface area contributed by atoms with Gasteiger partial charge in [-0.2, -0.15) is 0 Å². The Morgan fingerprint density at radius 3 is 3.12 bits per heavy atom. The van der Waals surface area contributed by atoms with Gasteiger partial charge in [0.25, 0.3) is 0 Å². The molecule has 2 N–H and O–H groups in total. The number of halogens is 1. The lowest BCUT2D eigenvalue weighted by Crippen LogP contribution is -2.31. The molecule has 6 heteroatoms. The van der Waals surface area contributed by atoms with E-state index in [-0.39, 0.29) is 24.2 Å². The lowest BCUT2D eigenvalue weighted by molar-refractivity contribution is -0.124. The van der Waals surface area contributed by atoms with Crippen LogP contribution in [-0.4, -0.2) is 24.2 Å². The van der Waals surface area contributed by atoms with Gasteiger partial charge in [0.15, 0.2) is 5.76 Å². The van der Waals surface area contributed by atoms with Crippen molar-refractivity contribution in [2.24, 2.45) is 5.92 Å². The zero-order valence-electron chi connectivity index (χ0n) is 9.16. The number of nitrogens with one attached hydrogen (secondary N) is 2. The zero-order chi connectivity index (χ0) is 10.7. The van der Waals surface area contributed by atoms with Gasteiger partial charge in [0.1, 0.15) is 0 Å². The van der Waals surface area contributed by atoms with Crippen LogP contribution in [0.25, 0.3) is 0 Å². The highest BCUT2D eigenvalue weighted by atomic mass is 35.5. The second-order valence-electron chi connectivity index (χ2n) is 3.84. The van der Waals surface area contributed by atoms with Crippen molar-refractivity contribution in [3.05, 3.63) is 17.5 Å². The van der Waals surface area contributed by atoms with E-state index in [2.05, 4.69) is 15.8 Å². The van der Waals surface area contributed by atoms with E-state index in [0.717, 1.165) is 25.2 Å². The fourth-order valence-corrected chi connectivity index (χ4v) is 1.70. The Morgan fingerprint density at radius 2 is 2.56 bits per heavy atom. The monoisotopic (exact) mass is 245 g/mol. The van der Waals surface area contributed by atoms with Gasteiger partial charge in [0, 0.05) is 12.6 Å². The first-order valence-corrected chi connectivity index (χ1v) is 5.16. The molecule has 0 aromatic carbocycles. The topological polar surface area (TPSA) is 67.2 Å². The Kier molecular flexibility index (Phi) is 4.76. The molecule has 1 aliphatic rings. The summed E-state index contributed by atoms with van der Waals surface area (Å²) in [6.45, 7) is 3.99. The van der Waals surface area contributed by atoms with E-state index >= 15 is 0 Å². The van der Waals surface area contributed by atoms with E-state index in [1.54, 1.807) is 0 Å². The molecule has 1 fully saturated rings. The van der Waals surface area contributed by atoms with Crippen LogP contribution in [0.15, 0.2) is 10.6 Å². The summed E-state index contributed by atoms with van der Waals surface area (Å²) in [7, 11) is 0. The maximum absolute atomic E-state index is 11.6. The second-order valence-corrected chi connectivity index (χ2v) is 3.84. The van der Waals surface area contributed by atoms with E-state index in [1.165, 1.54) is 0 Å². The maximum Gasteiger partial charge on any atom is 0.224 e. The molecule has 5 nitrogen and oxygen atoms in total. The molecule has 16 heavy (non-hydrogen) atoms. The van der Waals surface area contributed by atoms with Crippen LogP contribution >= 0.6 is 12.4 Å². The largest absolute Gasteiger partial charge is 0.359 e. The summed E-state index contributed by atoms with van der Waals surface area (Å²) in [6, 6.07) is 1.83. The van der Waals surface area contributed by atoms with Gasteiger partial charge in [-0.1, -0.05) is 5.16 Å². The standard InChI is InChI=1S/C10H15N3O2.ClH/c1-7-4-9(15-13-7)6-12-10(14)8-2-3-11-5-8;/h4,8,11H,2-3,5-6H2,1H3,(H,12,14);1H. The number of carbonyl (C=O) groups is 1. The van der Waals surface area contributed by atoms with Crippen LogP contribution in [0.4, 0.5) is 0 Å². The number of aryl methyl sites for hydroxylation is 1. The van der Waals surface area contributed by atoms with Gasteiger partial charge in [-0.15, -0.1) is 12.4 Å². The Morgan fingerprint density at radius 1 is 1.75 bits per heavy atom. The van der Waals surface area contributed by atoms with E-state index in [1.807, 2.05) is 13.0 Å². The summed E-state index contributed by atoms with van der Waals surface area (Å²) in [6.07, 6.45) is 0.918. The first-order valence-electron chi connectivity index (χ1n) is 5.16. The minimum atomic E-state index is 0. The van der Waals surface area contributed by atoms with E-state index in [9.17, 15) is 4.79 Å². The molecule has 1 aromatic heterocycles. The average molecular weight is 246 g/mol. The Hall–Kier alpha value is -1.07. The van der Waals surface area contributed by atoms with Gasteiger partial charge >= 0.3 is 0 Å². The van der Waals surface area contributed by atoms with Crippen molar-refractivity contribution in [1.82, 2.24) is 15.8 Å². The fraction of sp³-hybridized carbons (Fsp3) is 0.600. The Balaban J connectivity index is 0.00000128. The predicted octanol–water partition coefficient (Wildman–Crippen LogP) is 0.631. The van der Waals surface area contributed by atoms with Crippen molar-refractivity contribution in [2.75, 3.05) is 13.1 Å². The maximum atomic E-state index is 11.6. The van der Waals surface area contributed by atoms with Crippen molar-refractivity contribution in [2.45, 2.75) is 19.9 Å². The van der Waals surface area contributed by atoms with Crippen molar-refractivity contribution >= 4 is 18.3 Å². The molecule has 0 radical (unpaired) electrons. The molecule has 0 bridgehead atoms. The third-order valence-corrected chi connectivity index (χ3v) is 2.54. The molecular weight excluding hydrogens is 230 g/mol. The highest BCUT2D eigenvalue weighted by Crippen LogP contribution is 2.08. The van der Waals surface area contributed by atoms with Crippen LogP contribution in [0.1, 0.15) is 17.9 Å². The van der Waals surface area contributed by atoms with Gasteiger partial charge in [-0.05, 0) is 19.9 Å². The number of hydrogen-bond acceptors (Lipinski definition) is 4. The molecule has 2 heterocycles. The van der Waals surface area contributed by atoms with Gasteiger partial charge in [0.2, 0.25) is 5.91 Å². The summed E-state index contributed by atoms with van der Waals surface area (Å²) in [5.41, 5.74) is 0.835. The van der Waals surface area contributed by atoms with Crippen LogP contribution < -0.4 is 10.6 Å². The highest BCUT2D eigenvalue weighted by molar-refractivity contribution is 5.85. The van der Waals surface area contributed by atoms with Crippen molar-refractivity contribution in [3.8, 4) is 0 Å². The molecule has 1 aromatic rings. The second kappa shape index (κ2) is 5.86. The smallest absolute Gasteiger partial charge is 0.224 e. The molecular formula is C10H16ClN3O2. The molecule has 1 unspecified atom stereocenters. The Labute approximate surface area is 100 Å². The number of carbonyl (C=O) groups excluding carboxylic acids is 1. The molecule has 2 rings (SSSR count). The van der Waals surface area contributed by atoms with Crippen LogP contribution in [0.5, 0.6) is 0 Å². The molecule has 1 amide bonds. The van der Waals surface area contributed by atoms with Gasteiger partial charge in [0.05, 0.1) is 18.2 Å². The van der Waals surface area contributed by atoms with Gasteiger partial charge < -0.3 is 15.2 Å². The lowest BCUT2D eigenvalue weighted by Gasteiger charge is -2.07. The molecule has 90 valence electrons. The number of nitrogens with zero attached hydrogens (tertiary/aromatic N) is 1. The van der Waals surface area contributed by atoms with Crippen molar-refractivity contribution in [1.29, 1.82) is 0 Å². The summed E-state index contributed by atoms with van der Waals surface area (Å²) >= 11 is 0. The summed E-state index contributed by atoms with van der Waals surface area (Å²) in [5.74, 6) is 0.898. The average Bonchev–Trinajstić information content (AvgIpc) is 2.84. The minimum Gasteiger partial charge on any atom is -0.359 e. The molecule has 0 spiro atoms. The minimum absolute atomic E-state index is 0. The quantitative estimate of drug-likeness (QED) is 0.820. The normalized spacial score (nSPS) is 19.2. The SMILES string of the molecule is Cc1cc(CNC(=O)C2CCNC2)on1.Cl. The first-order chi connectivity index (χ1) is 7.25. The highest BCUT2D eigenvalue weighted by Gasteiger charge is 2.22. The molecule has 0 aliphatic carbocycles. The van der Waals surface area contributed by atoms with Gasteiger partial charge in [-0.25, -0.2) is 0 Å². The van der Waals surface area contributed by atoms with Crippen LogP contribution in [0.2, 0.25) is 0 Å².